The van der Waals surface area contributed by atoms with Crippen LogP contribution in [-0.2, 0) is 6.42 Å². The second-order valence-corrected chi connectivity index (χ2v) is 5.68. The number of hydrogen-bond acceptors (Lipinski definition) is 5. The van der Waals surface area contributed by atoms with Crippen molar-refractivity contribution in [2.24, 2.45) is 0 Å². The lowest BCUT2D eigenvalue weighted by Gasteiger charge is -2.10. The molecule has 3 heterocycles. The Kier molecular flexibility index (Phi) is 3.78. The van der Waals surface area contributed by atoms with Gasteiger partial charge in [0.15, 0.2) is 5.65 Å². The molecule has 0 aliphatic heterocycles. The van der Waals surface area contributed by atoms with Crippen LogP contribution in [-0.4, -0.2) is 26.8 Å². The molecule has 6 heteroatoms. The second kappa shape index (κ2) is 6.24. The molecule has 124 valence electrons. The van der Waals surface area contributed by atoms with E-state index in [-0.39, 0.29) is 5.95 Å². The fourth-order valence-corrected chi connectivity index (χ4v) is 2.91. The quantitative estimate of drug-likeness (QED) is 0.622. The fourth-order valence-electron chi connectivity index (χ4n) is 2.91. The number of imidazole rings is 1. The van der Waals surface area contributed by atoms with Gasteiger partial charge in [-0.25, -0.2) is 9.97 Å². The van der Waals surface area contributed by atoms with E-state index in [9.17, 15) is 0 Å². The molecule has 4 rings (SSSR count). The first-order chi connectivity index (χ1) is 12.3. The highest BCUT2D eigenvalue weighted by Gasteiger charge is 2.16. The summed E-state index contributed by atoms with van der Waals surface area (Å²) in [5.41, 5.74) is 11.3. The number of aromatic nitrogens is 4. The van der Waals surface area contributed by atoms with Crippen LogP contribution in [0.2, 0.25) is 0 Å². The number of benzene rings is 1. The van der Waals surface area contributed by atoms with Gasteiger partial charge in [0.1, 0.15) is 12.6 Å². The van der Waals surface area contributed by atoms with E-state index in [0.29, 0.717) is 17.6 Å². The van der Waals surface area contributed by atoms with Crippen molar-refractivity contribution >= 4 is 17.1 Å². The van der Waals surface area contributed by atoms with Gasteiger partial charge in [-0.3, -0.25) is 4.98 Å². The van der Waals surface area contributed by atoms with Crippen molar-refractivity contribution in [2.75, 3.05) is 12.8 Å². The molecule has 0 unspecified atom stereocenters. The lowest BCUT2D eigenvalue weighted by atomic mass is 10.0. The van der Waals surface area contributed by atoms with Crippen LogP contribution >= 0.6 is 0 Å². The summed E-state index contributed by atoms with van der Waals surface area (Å²) in [6.07, 6.45) is 4.27. The van der Waals surface area contributed by atoms with E-state index in [1.165, 1.54) is 10.3 Å². The van der Waals surface area contributed by atoms with E-state index >= 15 is 0 Å². The van der Waals surface area contributed by atoms with Crippen LogP contribution in [0.4, 0.5) is 5.95 Å². The molecule has 0 bridgehead atoms. The van der Waals surface area contributed by atoms with E-state index in [2.05, 4.69) is 22.1 Å². The van der Waals surface area contributed by atoms with Crippen molar-refractivity contribution in [2.45, 2.75) is 6.42 Å². The highest BCUT2D eigenvalue weighted by molar-refractivity contribution is 5.81. The molecular weight excluding hydrogens is 314 g/mol. The van der Waals surface area contributed by atoms with E-state index in [1.54, 1.807) is 13.3 Å². The Bertz CT molecular complexity index is 1010. The number of nitrogens with two attached hydrogens (primary N) is 1. The molecule has 3 aromatic heterocycles. The zero-order valence-electron chi connectivity index (χ0n) is 13.8. The van der Waals surface area contributed by atoms with Crippen LogP contribution < -0.4 is 10.6 Å². The van der Waals surface area contributed by atoms with Gasteiger partial charge in [-0.15, -0.1) is 4.73 Å². The van der Waals surface area contributed by atoms with Gasteiger partial charge in [0.25, 0.3) is 0 Å². The normalized spacial score (nSPS) is 10.9. The van der Waals surface area contributed by atoms with Crippen molar-refractivity contribution in [3.8, 4) is 11.1 Å². The minimum atomic E-state index is 0.277. The Hall–Kier alpha value is -3.41. The van der Waals surface area contributed by atoms with Crippen molar-refractivity contribution < 1.29 is 4.84 Å². The number of pyridine rings is 2. The summed E-state index contributed by atoms with van der Waals surface area (Å²) in [6.45, 7) is 0. The smallest absolute Gasteiger partial charge is 0.237 e. The predicted octanol–water partition coefficient (Wildman–Crippen LogP) is 2.72. The molecule has 0 fully saturated rings. The number of nitrogen functional groups attached to an aromatic ring is 1. The largest absolute Gasteiger partial charge is 0.412 e. The Morgan fingerprint density at radius 2 is 1.92 bits per heavy atom. The van der Waals surface area contributed by atoms with Crippen LogP contribution in [0.25, 0.3) is 22.3 Å². The van der Waals surface area contributed by atoms with Crippen molar-refractivity contribution in [3.63, 3.8) is 0 Å². The first kappa shape index (κ1) is 15.1. The highest BCUT2D eigenvalue weighted by Crippen LogP contribution is 2.28. The summed E-state index contributed by atoms with van der Waals surface area (Å²) in [4.78, 5) is 18.7. The van der Waals surface area contributed by atoms with Gasteiger partial charge in [0.05, 0.1) is 5.69 Å². The summed E-state index contributed by atoms with van der Waals surface area (Å²) in [5.74, 6) is 0.277. The standard InChI is InChI=1S/C19H17N5O/c1-25-24-18-17(23-19(24)20)11-15(14-8-5-9-21-12-14)16(22-18)10-13-6-3-2-4-7-13/h2-9,11-12H,10H2,1H3,(H2,20,23). The maximum atomic E-state index is 5.93. The van der Waals surface area contributed by atoms with Crippen molar-refractivity contribution in [1.82, 2.24) is 19.7 Å². The van der Waals surface area contributed by atoms with Crippen molar-refractivity contribution in [3.05, 3.63) is 72.2 Å². The zero-order valence-corrected chi connectivity index (χ0v) is 13.8. The Morgan fingerprint density at radius 3 is 2.64 bits per heavy atom. The minimum absolute atomic E-state index is 0.277. The first-order valence-electron chi connectivity index (χ1n) is 7.93. The van der Waals surface area contributed by atoms with E-state index in [4.69, 9.17) is 15.6 Å². The molecule has 0 aliphatic rings. The monoisotopic (exact) mass is 331 g/mol. The zero-order chi connectivity index (χ0) is 17.2. The molecular formula is C19H17N5O. The molecule has 0 saturated carbocycles. The third-order valence-electron chi connectivity index (χ3n) is 4.07. The molecule has 6 nitrogen and oxygen atoms in total. The number of nitrogens with zero attached hydrogens (tertiary/aromatic N) is 4. The Balaban J connectivity index is 1.93. The molecule has 0 saturated heterocycles. The molecule has 25 heavy (non-hydrogen) atoms. The maximum Gasteiger partial charge on any atom is 0.237 e. The van der Waals surface area contributed by atoms with Gasteiger partial charge < -0.3 is 10.6 Å². The SMILES string of the molecule is COn1c(N)nc2cc(-c3cccnc3)c(Cc3ccccc3)nc21. The predicted molar refractivity (Wildman–Crippen MR) is 96.9 cm³/mol. The number of rotatable bonds is 4. The van der Waals surface area contributed by atoms with E-state index in [0.717, 1.165) is 16.8 Å². The third-order valence-corrected chi connectivity index (χ3v) is 4.07. The van der Waals surface area contributed by atoms with Gasteiger partial charge in [-0.1, -0.05) is 36.4 Å². The Labute approximate surface area is 144 Å². The van der Waals surface area contributed by atoms with Gasteiger partial charge in [0, 0.05) is 29.9 Å². The Morgan fingerprint density at radius 1 is 1.08 bits per heavy atom. The highest BCUT2D eigenvalue weighted by atomic mass is 16.6. The molecule has 1 aromatic carbocycles. The van der Waals surface area contributed by atoms with Gasteiger partial charge in [0.2, 0.25) is 5.95 Å². The van der Waals surface area contributed by atoms with Crippen LogP contribution in [0.3, 0.4) is 0 Å². The second-order valence-electron chi connectivity index (χ2n) is 5.68. The van der Waals surface area contributed by atoms with Gasteiger partial charge in [-0.05, 0) is 17.7 Å². The summed E-state index contributed by atoms with van der Waals surface area (Å²) in [7, 11) is 1.55. The fraction of sp³-hybridized carbons (Fsp3) is 0.105. The van der Waals surface area contributed by atoms with Crippen LogP contribution in [0.15, 0.2) is 60.9 Å². The third kappa shape index (κ3) is 2.78. The first-order valence-corrected chi connectivity index (χ1v) is 7.93. The average Bonchev–Trinajstić information content (AvgIpc) is 2.96. The van der Waals surface area contributed by atoms with E-state index < -0.39 is 0 Å². The number of anilines is 1. The molecule has 0 amide bonds. The molecule has 0 spiro atoms. The summed E-state index contributed by atoms with van der Waals surface area (Å²) in [6, 6.07) is 16.1. The van der Waals surface area contributed by atoms with Gasteiger partial charge in [-0.2, -0.15) is 0 Å². The molecule has 2 N–H and O–H groups in total. The van der Waals surface area contributed by atoms with E-state index in [1.807, 2.05) is 42.6 Å². The lowest BCUT2D eigenvalue weighted by Crippen LogP contribution is -2.10. The lowest BCUT2D eigenvalue weighted by molar-refractivity contribution is 0.181. The van der Waals surface area contributed by atoms with Crippen LogP contribution in [0.5, 0.6) is 0 Å². The van der Waals surface area contributed by atoms with Crippen LogP contribution in [0.1, 0.15) is 11.3 Å². The molecule has 4 aromatic rings. The topological polar surface area (TPSA) is 78.9 Å². The molecule has 0 aliphatic carbocycles. The number of hydrogen-bond donors (Lipinski definition) is 1. The maximum absolute atomic E-state index is 5.93. The summed E-state index contributed by atoms with van der Waals surface area (Å²) in [5, 5.41) is 0. The average molecular weight is 331 g/mol. The van der Waals surface area contributed by atoms with Crippen molar-refractivity contribution in [1.29, 1.82) is 0 Å². The summed E-state index contributed by atoms with van der Waals surface area (Å²) < 4.78 is 1.44. The molecule has 0 atom stereocenters. The summed E-state index contributed by atoms with van der Waals surface area (Å²) >= 11 is 0. The van der Waals surface area contributed by atoms with Crippen LogP contribution in [0, 0.1) is 0 Å². The van der Waals surface area contributed by atoms with Gasteiger partial charge >= 0.3 is 0 Å². The number of fused-ring (bicyclic) bond motifs is 1. The minimum Gasteiger partial charge on any atom is -0.412 e. The molecule has 0 radical (unpaired) electrons.